The molecule has 3 rings (SSSR count). The number of benzene rings is 2. The van der Waals surface area contributed by atoms with E-state index < -0.39 is 0 Å². The third-order valence-electron chi connectivity index (χ3n) is 3.23. The molecule has 0 spiro atoms. The maximum absolute atomic E-state index is 12.1. The van der Waals surface area contributed by atoms with E-state index in [9.17, 15) is 4.79 Å². The van der Waals surface area contributed by atoms with Gasteiger partial charge in [-0.05, 0) is 48.1 Å². The smallest absolute Gasteiger partial charge is 0.185 e. The Labute approximate surface area is 131 Å². The number of allylic oxidation sites excluding steroid dienone is 1. The number of fused-ring (bicyclic) bond motifs is 1. The van der Waals surface area contributed by atoms with Crippen molar-refractivity contribution in [1.82, 2.24) is 0 Å². The normalized spacial score (nSPS) is 13.5. The highest BCUT2D eigenvalue weighted by molar-refractivity contribution is 9.10. The third-order valence-corrected chi connectivity index (χ3v) is 3.76. The van der Waals surface area contributed by atoms with Crippen LogP contribution in [0.25, 0.3) is 6.08 Å². The van der Waals surface area contributed by atoms with Crippen LogP contribution in [0.1, 0.15) is 15.9 Å². The van der Waals surface area contributed by atoms with Gasteiger partial charge in [0.1, 0.15) is 12.4 Å². The van der Waals surface area contributed by atoms with Crippen molar-refractivity contribution in [1.29, 1.82) is 0 Å². The van der Waals surface area contributed by atoms with Crippen LogP contribution in [0.4, 0.5) is 0 Å². The zero-order valence-corrected chi connectivity index (χ0v) is 12.8. The van der Waals surface area contributed by atoms with E-state index in [4.69, 9.17) is 4.74 Å². The maximum atomic E-state index is 12.1. The van der Waals surface area contributed by atoms with Gasteiger partial charge in [0.05, 0.1) is 0 Å². The van der Waals surface area contributed by atoms with Gasteiger partial charge in [-0.1, -0.05) is 40.2 Å². The van der Waals surface area contributed by atoms with E-state index in [2.05, 4.69) is 15.9 Å². The maximum Gasteiger partial charge on any atom is 0.185 e. The lowest BCUT2D eigenvalue weighted by molar-refractivity contribution is 0.104. The highest BCUT2D eigenvalue weighted by Gasteiger charge is 2.09. The summed E-state index contributed by atoms with van der Waals surface area (Å²) in [6, 6.07) is 15.2. The van der Waals surface area contributed by atoms with Crippen molar-refractivity contribution in [3.8, 4) is 5.75 Å². The monoisotopic (exact) mass is 340 g/mol. The second kappa shape index (κ2) is 6.10. The Kier molecular flexibility index (Phi) is 4.02. The molecule has 0 aromatic heterocycles. The SMILES string of the molecule is O=C(/C=C/C1=Cc2ccccc2OC1)c1ccc(Br)cc1. The predicted octanol–water partition coefficient (Wildman–Crippen LogP) is 4.66. The second-order valence-electron chi connectivity index (χ2n) is 4.75. The van der Waals surface area contributed by atoms with Gasteiger partial charge in [-0.25, -0.2) is 0 Å². The molecular weight excluding hydrogens is 328 g/mol. The van der Waals surface area contributed by atoms with Gasteiger partial charge in [0.15, 0.2) is 5.78 Å². The lowest BCUT2D eigenvalue weighted by Crippen LogP contribution is -2.06. The molecule has 3 heteroatoms. The van der Waals surface area contributed by atoms with Crippen LogP contribution >= 0.6 is 15.9 Å². The average molecular weight is 341 g/mol. The minimum atomic E-state index is -0.0118. The first-order valence-corrected chi connectivity index (χ1v) is 7.42. The molecule has 0 unspecified atom stereocenters. The van der Waals surface area contributed by atoms with Gasteiger partial charge >= 0.3 is 0 Å². The molecule has 0 atom stereocenters. The summed E-state index contributed by atoms with van der Waals surface area (Å²) in [4.78, 5) is 12.1. The van der Waals surface area contributed by atoms with Gasteiger partial charge in [-0.3, -0.25) is 4.79 Å². The number of halogens is 1. The van der Waals surface area contributed by atoms with Crippen LogP contribution in [0.3, 0.4) is 0 Å². The van der Waals surface area contributed by atoms with Crippen LogP contribution in [-0.4, -0.2) is 12.4 Å². The largest absolute Gasteiger partial charge is 0.488 e. The van der Waals surface area contributed by atoms with Crippen molar-refractivity contribution in [3.63, 3.8) is 0 Å². The molecule has 104 valence electrons. The number of hydrogen-bond donors (Lipinski definition) is 0. The number of carbonyl (C=O) groups excluding carboxylic acids is 1. The van der Waals surface area contributed by atoms with Crippen molar-refractivity contribution in [2.24, 2.45) is 0 Å². The molecule has 0 bridgehead atoms. The minimum absolute atomic E-state index is 0.0118. The molecule has 1 aliphatic rings. The molecule has 21 heavy (non-hydrogen) atoms. The molecule has 0 aliphatic carbocycles. The van der Waals surface area contributed by atoms with Crippen LogP contribution < -0.4 is 4.74 Å². The standard InChI is InChI=1S/C18H13BrO2/c19-16-8-6-14(7-9-16)17(20)10-5-13-11-15-3-1-2-4-18(15)21-12-13/h1-11H,12H2/b10-5+. The number of ketones is 1. The number of rotatable bonds is 3. The van der Waals surface area contributed by atoms with Crippen molar-refractivity contribution < 1.29 is 9.53 Å². The molecule has 0 saturated heterocycles. The number of hydrogen-bond acceptors (Lipinski definition) is 2. The van der Waals surface area contributed by atoms with Crippen molar-refractivity contribution in [3.05, 3.63) is 81.9 Å². The van der Waals surface area contributed by atoms with E-state index in [-0.39, 0.29) is 5.78 Å². The van der Waals surface area contributed by atoms with Gasteiger partial charge in [-0.2, -0.15) is 0 Å². The lowest BCUT2D eigenvalue weighted by atomic mass is 10.1. The summed E-state index contributed by atoms with van der Waals surface area (Å²) in [5, 5.41) is 0. The summed E-state index contributed by atoms with van der Waals surface area (Å²) in [6.07, 6.45) is 5.46. The van der Waals surface area contributed by atoms with E-state index >= 15 is 0 Å². The fourth-order valence-electron chi connectivity index (χ4n) is 2.12. The third kappa shape index (κ3) is 3.31. The van der Waals surface area contributed by atoms with Crippen molar-refractivity contribution >= 4 is 27.8 Å². The van der Waals surface area contributed by atoms with E-state index in [0.29, 0.717) is 12.2 Å². The van der Waals surface area contributed by atoms with Gasteiger partial charge in [0, 0.05) is 15.6 Å². The minimum Gasteiger partial charge on any atom is -0.488 e. The summed E-state index contributed by atoms with van der Waals surface area (Å²) in [7, 11) is 0. The first-order valence-electron chi connectivity index (χ1n) is 6.63. The van der Waals surface area contributed by atoms with Crippen LogP contribution in [0.2, 0.25) is 0 Å². The summed E-state index contributed by atoms with van der Waals surface area (Å²) >= 11 is 3.36. The fourth-order valence-corrected chi connectivity index (χ4v) is 2.39. The summed E-state index contributed by atoms with van der Waals surface area (Å²) in [5.41, 5.74) is 2.70. The van der Waals surface area contributed by atoms with Crippen LogP contribution in [0.5, 0.6) is 5.75 Å². The summed E-state index contributed by atoms with van der Waals surface area (Å²) in [6.45, 7) is 0.487. The van der Waals surface area contributed by atoms with Gasteiger partial charge in [-0.15, -0.1) is 0 Å². The molecule has 0 N–H and O–H groups in total. The first kappa shape index (κ1) is 13.8. The molecule has 0 amide bonds. The van der Waals surface area contributed by atoms with E-state index in [1.807, 2.05) is 48.6 Å². The number of carbonyl (C=O) groups is 1. The molecule has 2 aromatic carbocycles. The van der Waals surface area contributed by atoms with Crippen LogP contribution in [0.15, 0.2) is 70.7 Å². The highest BCUT2D eigenvalue weighted by Crippen LogP contribution is 2.26. The highest BCUT2D eigenvalue weighted by atomic mass is 79.9. The number of para-hydroxylation sites is 1. The predicted molar refractivity (Wildman–Crippen MR) is 87.5 cm³/mol. The lowest BCUT2D eigenvalue weighted by Gasteiger charge is -2.15. The van der Waals surface area contributed by atoms with E-state index in [1.165, 1.54) is 0 Å². The van der Waals surface area contributed by atoms with Crippen molar-refractivity contribution in [2.45, 2.75) is 0 Å². The van der Waals surface area contributed by atoms with E-state index in [1.54, 1.807) is 18.2 Å². The van der Waals surface area contributed by atoms with E-state index in [0.717, 1.165) is 21.4 Å². The molecule has 0 saturated carbocycles. The van der Waals surface area contributed by atoms with Gasteiger partial charge < -0.3 is 4.74 Å². The van der Waals surface area contributed by atoms with Crippen LogP contribution in [0, 0.1) is 0 Å². The number of ether oxygens (including phenoxy) is 1. The molecule has 2 aromatic rings. The zero-order valence-electron chi connectivity index (χ0n) is 11.3. The summed E-state index contributed by atoms with van der Waals surface area (Å²) < 4.78 is 6.61. The molecule has 0 fully saturated rings. The second-order valence-corrected chi connectivity index (χ2v) is 5.67. The zero-order chi connectivity index (χ0) is 14.7. The Balaban J connectivity index is 1.76. The Morgan fingerprint density at radius 1 is 1.10 bits per heavy atom. The van der Waals surface area contributed by atoms with Crippen molar-refractivity contribution in [2.75, 3.05) is 6.61 Å². The molecule has 0 radical (unpaired) electrons. The average Bonchev–Trinajstić information content (AvgIpc) is 2.53. The van der Waals surface area contributed by atoms with Crippen LogP contribution in [-0.2, 0) is 0 Å². The molecular formula is C18H13BrO2. The van der Waals surface area contributed by atoms with Gasteiger partial charge in [0.2, 0.25) is 0 Å². The topological polar surface area (TPSA) is 26.3 Å². The Morgan fingerprint density at radius 2 is 1.86 bits per heavy atom. The molecule has 1 heterocycles. The Hall–Kier alpha value is -2.13. The quantitative estimate of drug-likeness (QED) is 0.599. The van der Waals surface area contributed by atoms with Gasteiger partial charge in [0.25, 0.3) is 0 Å². The molecule has 1 aliphatic heterocycles. The molecule has 2 nitrogen and oxygen atoms in total. The summed E-state index contributed by atoms with van der Waals surface area (Å²) in [5.74, 6) is 0.871. The Bertz CT molecular complexity index is 727. The Morgan fingerprint density at radius 3 is 2.67 bits per heavy atom. The fraction of sp³-hybridized carbons (Fsp3) is 0.0556. The first-order chi connectivity index (χ1) is 10.2.